The highest BCUT2D eigenvalue weighted by Crippen LogP contribution is 2.47. The molecule has 66 heavy (non-hydrogen) atoms. The maximum Gasteiger partial charge on any atom is 0.252 e. The third-order valence-electron chi connectivity index (χ3n) is 14.3. The summed E-state index contributed by atoms with van der Waals surface area (Å²) in [5.74, 6) is 0. The van der Waals surface area contributed by atoms with E-state index in [9.17, 15) is 0 Å². The van der Waals surface area contributed by atoms with Crippen molar-refractivity contribution in [3.05, 3.63) is 197 Å². The highest BCUT2D eigenvalue weighted by atomic mass is 15.2. The van der Waals surface area contributed by atoms with Gasteiger partial charge in [0.1, 0.15) is 0 Å². The number of nitrogens with zero attached hydrogens (tertiary/aromatic N) is 2. The van der Waals surface area contributed by atoms with Crippen LogP contribution in [0.3, 0.4) is 0 Å². The van der Waals surface area contributed by atoms with Gasteiger partial charge >= 0.3 is 0 Å². The van der Waals surface area contributed by atoms with E-state index in [1.165, 1.54) is 106 Å². The third kappa shape index (κ3) is 7.57. The molecule has 0 spiro atoms. The fourth-order valence-corrected chi connectivity index (χ4v) is 10.4. The van der Waals surface area contributed by atoms with E-state index in [0.29, 0.717) is 0 Å². The van der Waals surface area contributed by atoms with E-state index in [2.05, 4.69) is 257 Å². The van der Waals surface area contributed by atoms with Crippen molar-refractivity contribution in [1.82, 2.24) is 0 Å². The van der Waals surface area contributed by atoms with E-state index < -0.39 is 0 Å². The predicted molar refractivity (Wildman–Crippen MR) is 287 cm³/mol. The van der Waals surface area contributed by atoms with Gasteiger partial charge in [-0.1, -0.05) is 178 Å². The molecule has 0 fully saturated rings. The standard InChI is InChI=1S/C63H63BN2/c1-40-35-58-60-59(36-40)66(51-30-21-45(22-31-51)46-23-32-53(42(3)37-46)52-16-14-13-15-41(52)2)57-39-49(63(10,11)12)27-34-55(57)64(60)54-33-26-48(62(7,8)9)38-56(54)65(58)50-28-19-44(20-29-50)43-17-24-47(25-18-43)61(4,5)6/h13-39H,1-12H3. The minimum Gasteiger partial charge on any atom is -0.311 e. The lowest BCUT2D eigenvalue weighted by Gasteiger charge is -2.45. The largest absolute Gasteiger partial charge is 0.311 e. The molecular formula is C63H63BN2. The molecule has 0 unspecified atom stereocenters. The minimum absolute atomic E-state index is 0.0153. The van der Waals surface area contributed by atoms with Gasteiger partial charge in [0.15, 0.2) is 0 Å². The maximum absolute atomic E-state index is 2.56. The average Bonchev–Trinajstić information content (AvgIpc) is 3.28. The molecule has 2 aliphatic heterocycles. The molecule has 3 heteroatoms. The van der Waals surface area contributed by atoms with Crippen molar-refractivity contribution < 1.29 is 0 Å². The van der Waals surface area contributed by atoms with Crippen LogP contribution in [-0.2, 0) is 16.2 Å². The van der Waals surface area contributed by atoms with E-state index in [0.717, 1.165) is 11.4 Å². The SMILES string of the molecule is Cc1cc2c3c(c1)N(c1ccc(-c4ccc(-c5ccccc5C)c(C)c4)cc1)c1cc(C(C)(C)C)ccc1B3c1ccc(C(C)(C)C)cc1N2c1ccc(-c2ccc(C(C)(C)C)cc2)cc1. The van der Waals surface area contributed by atoms with Gasteiger partial charge in [-0.05, 0) is 169 Å². The highest BCUT2D eigenvalue weighted by Gasteiger charge is 2.44. The zero-order chi connectivity index (χ0) is 46.4. The van der Waals surface area contributed by atoms with Crippen molar-refractivity contribution in [2.45, 2.75) is 99.3 Å². The van der Waals surface area contributed by atoms with Crippen molar-refractivity contribution >= 4 is 57.2 Å². The summed E-state index contributed by atoms with van der Waals surface area (Å²) in [7, 11) is 0. The second-order valence-corrected chi connectivity index (χ2v) is 22.1. The zero-order valence-corrected chi connectivity index (χ0v) is 41.1. The van der Waals surface area contributed by atoms with Gasteiger partial charge in [0.2, 0.25) is 0 Å². The monoisotopic (exact) mass is 859 g/mol. The van der Waals surface area contributed by atoms with E-state index in [1.54, 1.807) is 0 Å². The number of aryl methyl sites for hydroxylation is 3. The predicted octanol–water partition coefficient (Wildman–Crippen LogP) is 15.6. The van der Waals surface area contributed by atoms with Gasteiger partial charge < -0.3 is 9.80 Å². The third-order valence-corrected chi connectivity index (χ3v) is 14.3. The van der Waals surface area contributed by atoms with Gasteiger partial charge in [-0.2, -0.15) is 0 Å². The first-order valence-corrected chi connectivity index (χ1v) is 23.9. The molecule has 2 nitrogen and oxygen atoms in total. The smallest absolute Gasteiger partial charge is 0.252 e. The number of anilines is 6. The summed E-state index contributed by atoms with van der Waals surface area (Å²) in [6.07, 6.45) is 0. The normalized spacial score (nSPS) is 13.4. The molecular weight excluding hydrogens is 796 g/mol. The molecule has 8 aromatic rings. The van der Waals surface area contributed by atoms with Gasteiger partial charge in [-0.3, -0.25) is 0 Å². The van der Waals surface area contributed by atoms with E-state index in [1.807, 2.05) is 0 Å². The van der Waals surface area contributed by atoms with Crippen molar-refractivity contribution in [3.8, 4) is 33.4 Å². The number of hydrogen-bond acceptors (Lipinski definition) is 2. The molecule has 0 radical (unpaired) electrons. The molecule has 10 rings (SSSR count). The van der Waals surface area contributed by atoms with Crippen LogP contribution in [0.4, 0.5) is 34.1 Å². The molecule has 0 N–H and O–H groups in total. The van der Waals surface area contributed by atoms with Gasteiger partial charge in [0.25, 0.3) is 6.71 Å². The Balaban J connectivity index is 1.13. The second-order valence-electron chi connectivity index (χ2n) is 22.1. The number of benzene rings is 8. The molecule has 328 valence electrons. The van der Waals surface area contributed by atoms with Crippen LogP contribution in [0.2, 0.25) is 0 Å². The average molecular weight is 859 g/mol. The Morgan fingerprint density at radius 2 is 0.758 bits per heavy atom. The first-order valence-electron chi connectivity index (χ1n) is 23.9. The Kier molecular flexibility index (Phi) is 10.4. The number of fused-ring (bicyclic) bond motifs is 4. The van der Waals surface area contributed by atoms with Crippen LogP contribution in [0.15, 0.2) is 164 Å². The molecule has 0 amide bonds. The lowest BCUT2D eigenvalue weighted by Crippen LogP contribution is -2.61. The fourth-order valence-electron chi connectivity index (χ4n) is 10.4. The molecule has 0 atom stereocenters. The fraction of sp³-hybridized carbons (Fsp3) is 0.238. The topological polar surface area (TPSA) is 6.48 Å². The molecule has 0 aliphatic carbocycles. The Labute approximate surface area is 395 Å². The van der Waals surface area contributed by atoms with Crippen LogP contribution < -0.4 is 26.2 Å². The van der Waals surface area contributed by atoms with Crippen LogP contribution >= 0.6 is 0 Å². The summed E-state index contributed by atoms with van der Waals surface area (Å²) in [6, 6.07) is 62.7. The van der Waals surface area contributed by atoms with E-state index >= 15 is 0 Å². The minimum atomic E-state index is -0.0193. The number of hydrogen-bond donors (Lipinski definition) is 0. The highest BCUT2D eigenvalue weighted by molar-refractivity contribution is 7.00. The van der Waals surface area contributed by atoms with Crippen molar-refractivity contribution in [2.24, 2.45) is 0 Å². The Morgan fingerprint density at radius 3 is 1.21 bits per heavy atom. The summed E-state index contributed by atoms with van der Waals surface area (Å²) < 4.78 is 0. The lowest BCUT2D eigenvalue weighted by molar-refractivity contribution is 0.590. The Hall–Kier alpha value is -6.58. The molecule has 0 saturated heterocycles. The number of rotatable bonds is 5. The zero-order valence-electron chi connectivity index (χ0n) is 41.1. The van der Waals surface area contributed by atoms with Gasteiger partial charge in [0, 0.05) is 34.1 Å². The molecule has 0 aromatic heterocycles. The van der Waals surface area contributed by atoms with Crippen LogP contribution in [0.1, 0.15) is 95.7 Å². The van der Waals surface area contributed by atoms with E-state index in [-0.39, 0.29) is 23.0 Å². The summed E-state index contributed by atoms with van der Waals surface area (Å²) in [6.45, 7) is 27.5. The Bertz CT molecular complexity index is 3150. The molecule has 2 heterocycles. The molecule has 2 aliphatic rings. The quantitative estimate of drug-likeness (QED) is 0.159. The summed E-state index contributed by atoms with van der Waals surface area (Å²) >= 11 is 0. The van der Waals surface area contributed by atoms with E-state index in [4.69, 9.17) is 0 Å². The summed E-state index contributed by atoms with van der Waals surface area (Å²) in [5.41, 5.74) is 26.7. The Morgan fingerprint density at radius 1 is 0.348 bits per heavy atom. The van der Waals surface area contributed by atoms with Crippen molar-refractivity contribution in [3.63, 3.8) is 0 Å². The van der Waals surface area contributed by atoms with Gasteiger partial charge in [-0.25, -0.2) is 0 Å². The molecule has 0 saturated carbocycles. The molecule has 8 aromatic carbocycles. The van der Waals surface area contributed by atoms with Gasteiger partial charge in [0.05, 0.1) is 0 Å². The van der Waals surface area contributed by atoms with Crippen molar-refractivity contribution in [2.75, 3.05) is 9.80 Å². The van der Waals surface area contributed by atoms with Gasteiger partial charge in [-0.15, -0.1) is 0 Å². The van der Waals surface area contributed by atoms with Crippen LogP contribution in [0.5, 0.6) is 0 Å². The first-order chi connectivity index (χ1) is 31.3. The second kappa shape index (κ2) is 15.8. The first kappa shape index (κ1) is 43.3. The van der Waals surface area contributed by atoms with Crippen LogP contribution in [0, 0.1) is 20.8 Å². The van der Waals surface area contributed by atoms with Crippen LogP contribution in [0.25, 0.3) is 33.4 Å². The maximum atomic E-state index is 2.56. The van der Waals surface area contributed by atoms with Crippen LogP contribution in [-0.4, -0.2) is 6.71 Å². The summed E-state index contributed by atoms with van der Waals surface area (Å²) in [5, 5.41) is 0. The molecule has 0 bridgehead atoms. The summed E-state index contributed by atoms with van der Waals surface area (Å²) in [4.78, 5) is 5.11. The lowest BCUT2D eigenvalue weighted by atomic mass is 9.33. The van der Waals surface area contributed by atoms with Crippen molar-refractivity contribution in [1.29, 1.82) is 0 Å².